The second-order valence-corrected chi connectivity index (χ2v) is 6.40. The highest BCUT2D eigenvalue weighted by Gasteiger charge is 2.24. The number of pyridine rings is 1. The van der Waals surface area contributed by atoms with E-state index in [2.05, 4.69) is 50.5 Å². The molecule has 2 heterocycles. The van der Waals surface area contributed by atoms with Gasteiger partial charge in [-0.25, -0.2) is 4.98 Å². The first-order chi connectivity index (χ1) is 12.3. The van der Waals surface area contributed by atoms with Crippen LogP contribution < -0.4 is 10.1 Å². The number of aromatic nitrogens is 1. The first kappa shape index (κ1) is 20.5. The van der Waals surface area contributed by atoms with Gasteiger partial charge in [-0.15, -0.1) is 24.0 Å². The van der Waals surface area contributed by atoms with E-state index < -0.39 is 0 Å². The van der Waals surface area contributed by atoms with Crippen LogP contribution in [0.4, 0.5) is 0 Å². The van der Waals surface area contributed by atoms with Crippen LogP contribution in [0.25, 0.3) is 0 Å². The topological polar surface area (TPSA) is 49.8 Å². The molecule has 0 aliphatic carbocycles. The Morgan fingerprint density at radius 2 is 2.08 bits per heavy atom. The smallest absolute Gasteiger partial charge is 0.213 e. The van der Waals surface area contributed by atoms with Crippen molar-refractivity contribution in [2.75, 3.05) is 27.2 Å². The highest BCUT2D eigenvalue weighted by Crippen LogP contribution is 2.21. The van der Waals surface area contributed by atoms with Gasteiger partial charge in [-0.1, -0.05) is 30.3 Å². The second-order valence-electron chi connectivity index (χ2n) is 6.40. The van der Waals surface area contributed by atoms with Crippen LogP contribution in [0.1, 0.15) is 17.5 Å². The van der Waals surface area contributed by atoms with Gasteiger partial charge in [-0.2, -0.15) is 0 Å². The van der Waals surface area contributed by atoms with Gasteiger partial charge in [-0.05, 0) is 36.0 Å². The van der Waals surface area contributed by atoms with E-state index in [1.54, 1.807) is 13.3 Å². The number of nitrogens with one attached hydrogen (secondary N) is 1. The Kier molecular flexibility index (Phi) is 8.15. The predicted molar refractivity (Wildman–Crippen MR) is 116 cm³/mol. The van der Waals surface area contributed by atoms with E-state index in [1.165, 1.54) is 12.0 Å². The molecule has 1 aliphatic heterocycles. The van der Waals surface area contributed by atoms with E-state index in [0.29, 0.717) is 18.3 Å². The molecule has 0 spiro atoms. The van der Waals surface area contributed by atoms with Gasteiger partial charge < -0.3 is 15.0 Å². The standard InChI is InChI=1S/C20H26N4O.HI/c1-21-20(23-14-17-8-10-22-19(13-17)25-2)24-11-9-18(15-24)12-16-6-4-3-5-7-16;/h3-8,10,13,18H,9,11-12,14-15H2,1-2H3,(H,21,23);1H. The van der Waals surface area contributed by atoms with Crippen LogP contribution in [-0.2, 0) is 13.0 Å². The molecule has 0 radical (unpaired) electrons. The quantitative estimate of drug-likeness (QED) is 0.417. The average Bonchev–Trinajstić information content (AvgIpc) is 3.11. The first-order valence-electron chi connectivity index (χ1n) is 8.77. The van der Waals surface area contributed by atoms with Crippen molar-refractivity contribution in [1.29, 1.82) is 0 Å². The van der Waals surface area contributed by atoms with Crippen molar-refractivity contribution >= 4 is 29.9 Å². The molecule has 3 rings (SSSR count). The Balaban J connectivity index is 0.00000243. The van der Waals surface area contributed by atoms with E-state index in [9.17, 15) is 0 Å². The maximum atomic E-state index is 5.18. The molecule has 1 unspecified atom stereocenters. The number of rotatable bonds is 5. The van der Waals surface area contributed by atoms with Gasteiger partial charge in [0.1, 0.15) is 0 Å². The van der Waals surface area contributed by atoms with Crippen LogP contribution in [0.2, 0.25) is 0 Å². The molecule has 1 aliphatic rings. The van der Waals surface area contributed by atoms with Gasteiger partial charge in [0.2, 0.25) is 5.88 Å². The Morgan fingerprint density at radius 1 is 1.27 bits per heavy atom. The fourth-order valence-corrected chi connectivity index (χ4v) is 3.32. The molecule has 5 nitrogen and oxygen atoms in total. The van der Waals surface area contributed by atoms with Crippen molar-refractivity contribution in [3.05, 3.63) is 59.8 Å². The Hall–Kier alpha value is -1.83. The Labute approximate surface area is 172 Å². The van der Waals surface area contributed by atoms with Crippen molar-refractivity contribution in [2.45, 2.75) is 19.4 Å². The van der Waals surface area contributed by atoms with Crippen molar-refractivity contribution in [2.24, 2.45) is 10.9 Å². The molecule has 0 saturated carbocycles. The minimum atomic E-state index is 0. The molecule has 1 aromatic heterocycles. The highest BCUT2D eigenvalue weighted by atomic mass is 127. The van der Waals surface area contributed by atoms with Crippen molar-refractivity contribution in [1.82, 2.24) is 15.2 Å². The van der Waals surface area contributed by atoms with Crippen molar-refractivity contribution in [3.8, 4) is 5.88 Å². The Morgan fingerprint density at radius 3 is 2.81 bits per heavy atom. The number of guanidine groups is 1. The third kappa shape index (κ3) is 5.59. The molecule has 0 amide bonds. The number of likely N-dealkylation sites (tertiary alicyclic amines) is 1. The molecule has 1 atom stereocenters. The summed E-state index contributed by atoms with van der Waals surface area (Å²) in [7, 11) is 3.48. The summed E-state index contributed by atoms with van der Waals surface area (Å²) in [5.41, 5.74) is 2.55. The van der Waals surface area contributed by atoms with Crippen LogP contribution in [0.5, 0.6) is 5.88 Å². The third-order valence-corrected chi connectivity index (χ3v) is 4.62. The summed E-state index contributed by atoms with van der Waals surface area (Å²) in [4.78, 5) is 10.9. The minimum absolute atomic E-state index is 0. The van der Waals surface area contributed by atoms with E-state index in [-0.39, 0.29) is 24.0 Å². The van der Waals surface area contributed by atoms with Gasteiger partial charge in [0.05, 0.1) is 7.11 Å². The summed E-state index contributed by atoms with van der Waals surface area (Å²) in [5, 5.41) is 3.46. The summed E-state index contributed by atoms with van der Waals surface area (Å²) in [6, 6.07) is 14.7. The number of hydrogen-bond donors (Lipinski definition) is 1. The number of benzene rings is 1. The van der Waals surface area contributed by atoms with E-state index in [0.717, 1.165) is 31.0 Å². The molecule has 2 aromatic rings. The SMILES string of the molecule is CN=C(NCc1ccnc(OC)c1)N1CCC(Cc2ccccc2)C1.I. The third-order valence-electron chi connectivity index (χ3n) is 4.62. The van der Waals surface area contributed by atoms with Crippen LogP contribution in [0, 0.1) is 5.92 Å². The van der Waals surface area contributed by atoms with E-state index in [1.807, 2.05) is 19.2 Å². The summed E-state index contributed by atoms with van der Waals surface area (Å²) in [6.45, 7) is 2.82. The number of nitrogens with zero attached hydrogens (tertiary/aromatic N) is 3. The molecule has 26 heavy (non-hydrogen) atoms. The summed E-state index contributed by atoms with van der Waals surface area (Å²) < 4.78 is 5.18. The fourth-order valence-electron chi connectivity index (χ4n) is 3.32. The lowest BCUT2D eigenvalue weighted by Crippen LogP contribution is -2.39. The molecule has 1 saturated heterocycles. The monoisotopic (exact) mass is 466 g/mol. The summed E-state index contributed by atoms with van der Waals surface area (Å²) in [5.74, 6) is 2.28. The van der Waals surface area contributed by atoms with Gasteiger partial charge in [-0.3, -0.25) is 4.99 Å². The van der Waals surface area contributed by atoms with Crippen LogP contribution in [0.15, 0.2) is 53.7 Å². The van der Waals surface area contributed by atoms with Gasteiger partial charge in [0.25, 0.3) is 0 Å². The molecule has 140 valence electrons. The normalized spacial score (nSPS) is 16.9. The fraction of sp³-hybridized carbons (Fsp3) is 0.400. The van der Waals surface area contributed by atoms with Crippen molar-refractivity contribution < 1.29 is 4.74 Å². The number of ether oxygens (including phenoxy) is 1. The van der Waals surface area contributed by atoms with Crippen LogP contribution in [0.3, 0.4) is 0 Å². The zero-order valence-electron chi connectivity index (χ0n) is 15.4. The Bertz CT molecular complexity index is 708. The number of aliphatic imine (C=N–C) groups is 1. The largest absolute Gasteiger partial charge is 0.481 e. The summed E-state index contributed by atoms with van der Waals surface area (Å²) in [6.07, 6.45) is 4.11. The molecule has 1 aromatic carbocycles. The van der Waals surface area contributed by atoms with E-state index in [4.69, 9.17) is 4.74 Å². The lowest BCUT2D eigenvalue weighted by Gasteiger charge is -2.22. The number of halogens is 1. The van der Waals surface area contributed by atoms with Gasteiger partial charge >= 0.3 is 0 Å². The molecular formula is C20H27IN4O. The predicted octanol–water partition coefficient (Wildman–Crippen LogP) is 3.35. The molecular weight excluding hydrogens is 439 g/mol. The van der Waals surface area contributed by atoms with Crippen LogP contribution >= 0.6 is 24.0 Å². The van der Waals surface area contributed by atoms with Crippen molar-refractivity contribution in [3.63, 3.8) is 0 Å². The van der Waals surface area contributed by atoms with Crippen LogP contribution in [-0.4, -0.2) is 43.1 Å². The first-order valence-corrected chi connectivity index (χ1v) is 8.77. The highest BCUT2D eigenvalue weighted by molar-refractivity contribution is 14.0. The lowest BCUT2D eigenvalue weighted by atomic mass is 9.99. The van der Waals surface area contributed by atoms with Gasteiger partial charge in [0, 0.05) is 38.9 Å². The number of methoxy groups -OCH3 is 1. The zero-order valence-corrected chi connectivity index (χ0v) is 17.7. The molecule has 1 N–H and O–H groups in total. The summed E-state index contributed by atoms with van der Waals surface area (Å²) >= 11 is 0. The molecule has 0 bridgehead atoms. The maximum Gasteiger partial charge on any atom is 0.213 e. The van der Waals surface area contributed by atoms with Gasteiger partial charge in [0.15, 0.2) is 5.96 Å². The molecule has 1 fully saturated rings. The minimum Gasteiger partial charge on any atom is -0.481 e. The van der Waals surface area contributed by atoms with E-state index >= 15 is 0 Å². The zero-order chi connectivity index (χ0) is 17.5. The maximum absolute atomic E-state index is 5.18. The molecule has 6 heteroatoms. The second kappa shape index (κ2) is 10.4. The average molecular weight is 466 g/mol. The lowest BCUT2D eigenvalue weighted by molar-refractivity contribution is 0.397. The number of hydrogen-bond acceptors (Lipinski definition) is 3.